The first-order valence-electron chi connectivity index (χ1n) is 3.76. The first-order valence-corrected chi connectivity index (χ1v) is 4.77. The molecule has 3 heteroatoms. The molecule has 1 nitrogen and oxygen atoms in total. The van der Waals surface area contributed by atoms with Gasteiger partial charge in [0.1, 0.15) is 0 Å². The summed E-state index contributed by atoms with van der Waals surface area (Å²) in [5, 5.41) is 0.757. The smallest absolute Gasteiger partial charge is 0.0717 e. The number of hydrogen-bond donors (Lipinski definition) is 1. The largest absolute Gasteiger partial charge is 0.376 e. The second kappa shape index (κ2) is 5.46. The Labute approximate surface area is 83.1 Å². The fourth-order valence-electron chi connectivity index (χ4n) is 0.835. The highest BCUT2D eigenvalue weighted by Crippen LogP contribution is 2.09. The molecular weight excluding hydrogens is 192 g/mol. The number of thiol groups is 1. The number of rotatable bonds is 4. The van der Waals surface area contributed by atoms with E-state index in [4.69, 9.17) is 16.3 Å². The van der Waals surface area contributed by atoms with E-state index in [0.29, 0.717) is 13.2 Å². The maximum absolute atomic E-state index is 5.72. The van der Waals surface area contributed by atoms with Gasteiger partial charge in [-0.3, -0.25) is 0 Å². The molecule has 0 aromatic heterocycles. The van der Waals surface area contributed by atoms with E-state index >= 15 is 0 Å². The number of halogens is 1. The van der Waals surface area contributed by atoms with Gasteiger partial charge in [-0.25, -0.2) is 0 Å². The topological polar surface area (TPSA) is 9.23 Å². The zero-order chi connectivity index (χ0) is 8.81. The van der Waals surface area contributed by atoms with Gasteiger partial charge in [0.05, 0.1) is 13.2 Å². The van der Waals surface area contributed by atoms with E-state index in [1.54, 1.807) is 0 Å². The van der Waals surface area contributed by atoms with Gasteiger partial charge in [-0.05, 0) is 17.7 Å². The lowest BCUT2D eigenvalue weighted by atomic mass is 10.2. The summed E-state index contributed by atoms with van der Waals surface area (Å²) in [5.41, 5.74) is 1.14. The molecule has 0 spiro atoms. The molecule has 0 saturated heterocycles. The summed E-state index contributed by atoms with van der Waals surface area (Å²) in [6, 6.07) is 7.64. The van der Waals surface area contributed by atoms with Crippen molar-refractivity contribution < 1.29 is 4.74 Å². The monoisotopic (exact) mass is 202 g/mol. The standard InChI is InChI=1S/C9H11ClOS/c10-9-3-1-8(2-4-9)7-11-5-6-12/h1-4,12H,5-7H2. The van der Waals surface area contributed by atoms with Crippen LogP contribution in [0.25, 0.3) is 0 Å². The van der Waals surface area contributed by atoms with Gasteiger partial charge in [0, 0.05) is 10.8 Å². The Morgan fingerprint density at radius 3 is 2.50 bits per heavy atom. The Balaban J connectivity index is 2.37. The van der Waals surface area contributed by atoms with E-state index in [2.05, 4.69) is 12.6 Å². The molecule has 66 valence electrons. The van der Waals surface area contributed by atoms with Crippen molar-refractivity contribution in [2.24, 2.45) is 0 Å². The van der Waals surface area contributed by atoms with Gasteiger partial charge in [-0.15, -0.1) is 0 Å². The molecule has 0 fully saturated rings. The summed E-state index contributed by atoms with van der Waals surface area (Å²) in [7, 11) is 0. The molecule has 1 aromatic rings. The summed E-state index contributed by atoms with van der Waals surface area (Å²) < 4.78 is 5.29. The predicted molar refractivity (Wildman–Crippen MR) is 55.0 cm³/mol. The molecule has 0 N–H and O–H groups in total. The van der Waals surface area contributed by atoms with E-state index in [1.165, 1.54) is 0 Å². The Bertz CT molecular complexity index is 222. The van der Waals surface area contributed by atoms with Gasteiger partial charge in [0.2, 0.25) is 0 Å². The molecule has 0 bridgehead atoms. The van der Waals surface area contributed by atoms with E-state index in [-0.39, 0.29) is 0 Å². The van der Waals surface area contributed by atoms with Crippen LogP contribution in [-0.2, 0) is 11.3 Å². The summed E-state index contributed by atoms with van der Waals surface area (Å²) in [6.07, 6.45) is 0. The van der Waals surface area contributed by atoms with Gasteiger partial charge in [-0.2, -0.15) is 12.6 Å². The van der Waals surface area contributed by atoms with Crippen LogP contribution >= 0.6 is 24.2 Å². The lowest BCUT2D eigenvalue weighted by Gasteiger charge is -2.01. The minimum absolute atomic E-state index is 0.637. The lowest BCUT2D eigenvalue weighted by Crippen LogP contribution is -1.95. The highest BCUT2D eigenvalue weighted by Gasteiger charge is 1.92. The van der Waals surface area contributed by atoms with Crippen LogP contribution in [0.5, 0.6) is 0 Å². The maximum Gasteiger partial charge on any atom is 0.0717 e. The highest BCUT2D eigenvalue weighted by molar-refractivity contribution is 7.80. The molecule has 0 amide bonds. The van der Waals surface area contributed by atoms with E-state index < -0.39 is 0 Å². The van der Waals surface area contributed by atoms with Crippen LogP contribution in [0.3, 0.4) is 0 Å². The molecule has 0 aliphatic carbocycles. The summed E-state index contributed by atoms with van der Waals surface area (Å²) in [4.78, 5) is 0. The molecule has 12 heavy (non-hydrogen) atoms. The molecule has 0 unspecified atom stereocenters. The normalized spacial score (nSPS) is 10.2. The summed E-state index contributed by atoms with van der Waals surface area (Å²) >= 11 is 9.76. The minimum atomic E-state index is 0.637. The Morgan fingerprint density at radius 1 is 1.25 bits per heavy atom. The van der Waals surface area contributed by atoms with Crippen molar-refractivity contribution >= 4 is 24.2 Å². The summed E-state index contributed by atoms with van der Waals surface area (Å²) in [6.45, 7) is 1.32. The van der Waals surface area contributed by atoms with Gasteiger partial charge in [-0.1, -0.05) is 23.7 Å². The molecular formula is C9H11ClOS. The van der Waals surface area contributed by atoms with Crippen molar-refractivity contribution in [3.8, 4) is 0 Å². The Hall–Kier alpha value is -0.180. The van der Waals surface area contributed by atoms with E-state index in [1.807, 2.05) is 24.3 Å². The molecule has 1 rings (SSSR count). The molecule has 0 aliphatic heterocycles. The Kier molecular flexibility index (Phi) is 4.51. The fraction of sp³-hybridized carbons (Fsp3) is 0.333. The zero-order valence-corrected chi connectivity index (χ0v) is 8.31. The van der Waals surface area contributed by atoms with Crippen LogP contribution in [0.1, 0.15) is 5.56 Å². The van der Waals surface area contributed by atoms with Crippen molar-refractivity contribution in [2.75, 3.05) is 12.4 Å². The van der Waals surface area contributed by atoms with E-state index in [9.17, 15) is 0 Å². The lowest BCUT2D eigenvalue weighted by molar-refractivity contribution is 0.136. The quantitative estimate of drug-likeness (QED) is 0.584. The summed E-state index contributed by atoms with van der Waals surface area (Å²) in [5.74, 6) is 0.758. The van der Waals surface area contributed by atoms with Gasteiger partial charge in [0.15, 0.2) is 0 Å². The molecule has 0 heterocycles. The highest BCUT2D eigenvalue weighted by atomic mass is 35.5. The first kappa shape index (κ1) is 9.90. The third-order valence-corrected chi connectivity index (χ3v) is 1.85. The van der Waals surface area contributed by atoms with Crippen LogP contribution < -0.4 is 0 Å². The Morgan fingerprint density at radius 2 is 1.92 bits per heavy atom. The predicted octanol–water partition coefficient (Wildman–Crippen LogP) is 2.79. The second-order valence-electron chi connectivity index (χ2n) is 2.40. The van der Waals surface area contributed by atoms with Gasteiger partial charge >= 0.3 is 0 Å². The van der Waals surface area contributed by atoms with Crippen molar-refractivity contribution in [2.45, 2.75) is 6.61 Å². The molecule has 0 radical (unpaired) electrons. The molecule has 0 saturated carbocycles. The number of hydrogen-bond acceptors (Lipinski definition) is 2. The zero-order valence-electron chi connectivity index (χ0n) is 6.66. The van der Waals surface area contributed by atoms with Crippen LogP contribution in [0.4, 0.5) is 0 Å². The van der Waals surface area contributed by atoms with Crippen LogP contribution in [0.2, 0.25) is 5.02 Å². The number of benzene rings is 1. The van der Waals surface area contributed by atoms with Crippen LogP contribution in [-0.4, -0.2) is 12.4 Å². The number of ether oxygens (including phenoxy) is 1. The van der Waals surface area contributed by atoms with Gasteiger partial charge < -0.3 is 4.74 Å². The van der Waals surface area contributed by atoms with Crippen LogP contribution in [0.15, 0.2) is 24.3 Å². The minimum Gasteiger partial charge on any atom is -0.376 e. The van der Waals surface area contributed by atoms with Crippen LogP contribution in [0, 0.1) is 0 Å². The maximum atomic E-state index is 5.72. The third-order valence-electron chi connectivity index (χ3n) is 1.42. The average Bonchev–Trinajstić information content (AvgIpc) is 2.09. The van der Waals surface area contributed by atoms with Crippen molar-refractivity contribution in [3.05, 3.63) is 34.9 Å². The van der Waals surface area contributed by atoms with Crippen molar-refractivity contribution in [1.82, 2.24) is 0 Å². The molecule has 1 aromatic carbocycles. The average molecular weight is 203 g/mol. The molecule has 0 aliphatic rings. The first-order chi connectivity index (χ1) is 5.83. The second-order valence-corrected chi connectivity index (χ2v) is 3.29. The fourth-order valence-corrected chi connectivity index (χ4v) is 1.09. The van der Waals surface area contributed by atoms with Gasteiger partial charge in [0.25, 0.3) is 0 Å². The van der Waals surface area contributed by atoms with Crippen molar-refractivity contribution in [3.63, 3.8) is 0 Å². The molecule has 0 atom stereocenters. The van der Waals surface area contributed by atoms with Crippen molar-refractivity contribution in [1.29, 1.82) is 0 Å². The van der Waals surface area contributed by atoms with E-state index in [0.717, 1.165) is 16.3 Å². The third kappa shape index (κ3) is 3.48. The SMILES string of the molecule is SCCOCc1ccc(Cl)cc1.